The Morgan fingerprint density at radius 2 is 1.84 bits per heavy atom. The average molecular weight is 516 g/mol. The minimum atomic E-state index is -0.979. The molecule has 0 aliphatic heterocycles. The molecule has 2 N–H and O–H groups in total. The van der Waals surface area contributed by atoms with E-state index in [4.69, 9.17) is 4.74 Å². The number of fused-ring (bicyclic) bond motifs is 1. The minimum Gasteiger partial charge on any atom is -0.481 e. The van der Waals surface area contributed by atoms with Gasteiger partial charge in [0.1, 0.15) is 18.7 Å². The van der Waals surface area contributed by atoms with Crippen LogP contribution < -0.4 is 14.6 Å². The van der Waals surface area contributed by atoms with Crippen molar-refractivity contribution in [3.8, 4) is 17.1 Å². The number of ether oxygens (including phenoxy) is 1. The van der Waals surface area contributed by atoms with Crippen LogP contribution in [-0.2, 0) is 42.6 Å². The van der Waals surface area contributed by atoms with Gasteiger partial charge in [0, 0.05) is 40.9 Å². The molecule has 3 heterocycles. The van der Waals surface area contributed by atoms with Crippen LogP contribution in [0.3, 0.4) is 0 Å². The fourth-order valence-corrected chi connectivity index (χ4v) is 5.36. The van der Waals surface area contributed by atoms with E-state index in [1.165, 1.54) is 11.3 Å². The summed E-state index contributed by atoms with van der Waals surface area (Å²) in [4.78, 5) is 33.8. The number of hydrogen-bond acceptors (Lipinski definition) is 6. The maximum absolute atomic E-state index is 13.2. The van der Waals surface area contributed by atoms with Gasteiger partial charge < -0.3 is 15.2 Å². The molecule has 5 rings (SSSR count). The number of pyridine rings is 2. The summed E-state index contributed by atoms with van der Waals surface area (Å²) in [6, 6.07) is 15.5. The second-order valence-electron chi connectivity index (χ2n) is 9.33. The molecule has 3 aromatic heterocycles. The van der Waals surface area contributed by atoms with Gasteiger partial charge in [0.2, 0.25) is 11.8 Å². The summed E-state index contributed by atoms with van der Waals surface area (Å²) in [7, 11) is 1.97. The van der Waals surface area contributed by atoms with Gasteiger partial charge in [0.05, 0.1) is 24.1 Å². The first-order valence-electron chi connectivity index (χ1n) is 11.9. The van der Waals surface area contributed by atoms with Crippen molar-refractivity contribution >= 4 is 23.2 Å². The fourth-order valence-electron chi connectivity index (χ4n) is 4.62. The lowest BCUT2D eigenvalue weighted by Gasteiger charge is -2.25. The summed E-state index contributed by atoms with van der Waals surface area (Å²) in [5, 5.41) is 15.1. The smallest absolute Gasteiger partial charge is 0.304 e. The van der Waals surface area contributed by atoms with Gasteiger partial charge in [-0.05, 0) is 30.0 Å². The molecule has 1 aromatic carbocycles. The summed E-state index contributed by atoms with van der Waals surface area (Å²) < 4.78 is 7.74. The number of benzene rings is 1. The number of carbonyl (C=O) groups is 2. The molecular formula is C28H27N4O4S+. The van der Waals surface area contributed by atoms with Crippen LogP contribution in [0, 0.1) is 5.41 Å². The van der Waals surface area contributed by atoms with Gasteiger partial charge in [-0.3, -0.25) is 9.59 Å². The van der Waals surface area contributed by atoms with Crippen molar-refractivity contribution in [2.24, 2.45) is 12.5 Å². The Bertz CT molecular complexity index is 1390. The van der Waals surface area contributed by atoms with Gasteiger partial charge in [-0.1, -0.05) is 24.3 Å². The molecule has 0 spiro atoms. The lowest BCUT2D eigenvalue weighted by molar-refractivity contribution is -0.671. The van der Waals surface area contributed by atoms with Gasteiger partial charge in [-0.15, -0.1) is 11.3 Å². The molecule has 0 radical (unpaired) electrons. The number of carbonyl (C=O) groups excluding carboxylic acids is 1. The Morgan fingerprint density at radius 3 is 2.49 bits per heavy atom. The van der Waals surface area contributed by atoms with Gasteiger partial charge in [-0.25, -0.2) is 14.5 Å². The van der Waals surface area contributed by atoms with Crippen molar-refractivity contribution in [3.63, 3.8) is 0 Å². The van der Waals surface area contributed by atoms with E-state index in [-0.39, 0.29) is 18.9 Å². The van der Waals surface area contributed by atoms with Crippen molar-refractivity contribution in [2.45, 2.75) is 32.4 Å². The molecular weight excluding hydrogens is 488 g/mol. The summed E-state index contributed by atoms with van der Waals surface area (Å²) in [5.41, 5.74) is 3.76. The maximum atomic E-state index is 13.2. The van der Waals surface area contributed by atoms with Gasteiger partial charge >= 0.3 is 5.97 Å². The molecule has 1 aliphatic carbocycles. The Balaban J connectivity index is 1.19. The van der Waals surface area contributed by atoms with E-state index in [2.05, 4.69) is 15.3 Å². The number of thiazole rings is 1. The summed E-state index contributed by atoms with van der Waals surface area (Å²) >= 11 is 1.44. The molecule has 8 nitrogen and oxygen atoms in total. The third-order valence-electron chi connectivity index (χ3n) is 6.57. The highest BCUT2D eigenvalue weighted by atomic mass is 32.1. The number of rotatable bonds is 9. The van der Waals surface area contributed by atoms with Crippen LogP contribution in [0.1, 0.15) is 28.1 Å². The number of amides is 1. The van der Waals surface area contributed by atoms with Crippen LogP contribution in [0.15, 0.2) is 72.5 Å². The number of carboxylic acids is 1. The lowest BCUT2D eigenvalue weighted by Crippen LogP contribution is -2.43. The van der Waals surface area contributed by atoms with Gasteiger partial charge in [0.15, 0.2) is 12.4 Å². The zero-order valence-corrected chi connectivity index (χ0v) is 21.2. The van der Waals surface area contributed by atoms with Gasteiger partial charge in [0.25, 0.3) is 0 Å². The van der Waals surface area contributed by atoms with Crippen LogP contribution >= 0.6 is 11.3 Å². The molecule has 37 heavy (non-hydrogen) atoms. The summed E-state index contributed by atoms with van der Waals surface area (Å²) in [6.45, 7) is 0.673. The lowest BCUT2D eigenvalue weighted by atomic mass is 9.80. The van der Waals surface area contributed by atoms with E-state index in [9.17, 15) is 14.7 Å². The second-order valence-corrected chi connectivity index (χ2v) is 10.3. The zero-order chi connectivity index (χ0) is 25.8. The normalized spacial score (nSPS) is 13.6. The SMILES string of the molecule is C[n+]1ccc(COc2ccc(-c3csc(CNC(=O)C4(CC(=O)O)Cc5ccccc5C4)n3)cn2)cc1. The first kappa shape index (κ1) is 24.6. The standard InChI is InChI=1S/C28H26N4O4S/c1-32-10-8-19(9-11-32)17-36-24-7-6-22(15-29-24)23-18-37-25(31-23)16-30-27(35)28(14-26(33)34)12-20-4-2-3-5-21(20)13-28/h2-11,15,18H,12-14,16-17H2,1H3,(H-,30,33,34,35)/p+1. The molecule has 0 fully saturated rings. The molecule has 9 heteroatoms. The van der Waals surface area contributed by atoms with Crippen molar-refractivity contribution in [1.29, 1.82) is 0 Å². The monoisotopic (exact) mass is 515 g/mol. The third kappa shape index (κ3) is 5.67. The first-order valence-corrected chi connectivity index (χ1v) is 12.8. The molecule has 0 atom stereocenters. The average Bonchev–Trinajstić information content (AvgIpc) is 3.52. The van der Waals surface area contributed by atoms with E-state index < -0.39 is 11.4 Å². The number of aryl methyl sites for hydroxylation is 1. The summed E-state index contributed by atoms with van der Waals surface area (Å²) in [5.74, 6) is -0.698. The molecule has 0 saturated heterocycles. The number of nitrogens with zero attached hydrogens (tertiary/aromatic N) is 3. The minimum absolute atomic E-state index is 0.209. The first-order chi connectivity index (χ1) is 17.9. The quantitative estimate of drug-likeness (QED) is 0.331. The van der Waals surface area contributed by atoms with Crippen molar-refractivity contribution in [2.75, 3.05) is 0 Å². The van der Waals surface area contributed by atoms with Crippen LogP contribution in [0.25, 0.3) is 11.3 Å². The second kappa shape index (κ2) is 10.5. The fraction of sp³-hybridized carbons (Fsp3) is 0.250. The topological polar surface area (TPSA) is 105 Å². The number of carboxylic acid groups (broad SMARTS) is 1. The maximum Gasteiger partial charge on any atom is 0.304 e. The molecule has 0 bridgehead atoms. The Kier molecular flexibility index (Phi) is 6.96. The van der Waals surface area contributed by atoms with Crippen molar-refractivity contribution < 1.29 is 24.0 Å². The van der Waals surface area contributed by atoms with Crippen LogP contribution in [-0.4, -0.2) is 27.0 Å². The van der Waals surface area contributed by atoms with Gasteiger partial charge in [-0.2, -0.15) is 0 Å². The molecule has 0 unspecified atom stereocenters. The number of nitrogens with one attached hydrogen (secondary N) is 1. The highest BCUT2D eigenvalue weighted by Crippen LogP contribution is 2.40. The van der Waals surface area contributed by atoms with E-state index in [1.807, 2.05) is 77.9 Å². The van der Waals surface area contributed by atoms with Crippen molar-refractivity contribution in [3.05, 3.63) is 94.2 Å². The van der Waals surface area contributed by atoms with E-state index >= 15 is 0 Å². The molecule has 0 saturated carbocycles. The van der Waals surface area contributed by atoms with Crippen LogP contribution in [0.5, 0.6) is 5.88 Å². The number of hydrogen-bond donors (Lipinski definition) is 2. The van der Waals surface area contributed by atoms with E-state index in [0.29, 0.717) is 25.3 Å². The zero-order valence-electron chi connectivity index (χ0n) is 20.4. The Labute approximate surface area is 218 Å². The van der Waals surface area contributed by atoms with E-state index in [0.717, 1.165) is 33.0 Å². The van der Waals surface area contributed by atoms with Crippen molar-refractivity contribution in [1.82, 2.24) is 15.3 Å². The Morgan fingerprint density at radius 1 is 1.11 bits per heavy atom. The van der Waals surface area contributed by atoms with Crippen LogP contribution in [0.2, 0.25) is 0 Å². The summed E-state index contributed by atoms with van der Waals surface area (Å²) in [6.07, 6.45) is 6.29. The highest BCUT2D eigenvalue weighted by Gasteiger charge is 2.45. The van der Waals surface area contributed by atoms with Crippen LogP contribution in [0.4, 0.5) is 0 Å². The molecule has 1 amide bonds. The predicted molar refractivity (Wildman–Crippen MR) is 138 cm³/mol. The molecule has 188 valence electrons. The van der Waals surface area contributed by atoms with E-state index in [1.54, 1.807) is 6.20 Å². The molecule has 4 aromatic rings. The largest absolute Gasteiger partial charge is 0.481 e. The Hall–Kier alpha value is -4.11. The number of aliphatic carboxylic acids is 1. The number of aromatic nitrogens is 3. The predicted octanol–water partition coefficient (Wildman–Crippen LogP) is 3.48. The highest BCUT2D eigenvalue weighted by molar-refractivity contribution is 7.09. The third-order valence-corrected chi connectivity index (χ3v) is 7.41. The molecule has 1 aliphatic rings.